The Bertz CT molecular complexity index is 245. The molecule has 0 aromatic carbocycles. The summed E-state index contributed by atoms with van der Waals surface area (Å²) in [6.07, 6.45) is 6.89. The van der Waals surface area contributed by atoms with Crippen LogP contribution in [-0.2, 0) is 0 Å². The number of aromatic nitrogens is 1. The molecule has 52 valence electrons. The number of terminal acetylenes is 1. The molecule has 0 radical (unpaired) electrons. The molecule has 1 heterocycles. The second kappa shape index (κ2) is 3.68. The third kappa shape index (κ3) is 1.60. The molecule has 0 N–H and O–H groups in total. The number of hydrogen-bond acceptors (Lipinski definition) is 1. The second-order valence-corrected chi connectivity index (χ2v) is 1.78. The Hall–Kier alpha value is -1.29. The summed E-state index contributed by atoms with van der Waals surface area (Å²) in [4.78, 5) is 4.01. The van der Waals surface area contributed by atoms with Gasteiger partial charge in [-0.2, -0.15) is 0 Å². The fourth-order valence-electron chi connectivity index (χ4n) is 0.637. The molecule has 0 spiro atoms. The molecule has 1 aromatic rings. The first-order valence-electron chi connectivity index (χ1n) is 2.73. The summed E-state index contributed by atoms with van der Waals surface area (Å²) in [7, 11) is 0. The lowest BCUT2D eigenvalue weighted by Gasteiger charge is -1.91. The summed E-state index contributed by atoms with van der Waals surface area (Å²) < 4.78 is 0. The Morgan fingerprint density at radius 2 is 2.30 bits per heavy atom. The van der Waals surface area contributed by atoms with E-state index in [4.69, 9.17) is 6.42 Å². The van der Waals surface area contributed by atoms with Crippen molar-refractivity contribution in [3.8, 4) is 12.3 Å². The largest absolute Gasteiger partial charge is 0.260 e. The van der Waals surface area contributed by atoms with Crippen molar-refractivity contribution in [3.63, 3.8) is 0 Å². The van der Waals surface area contributed by atoms with E-state index in [0.717, 1.165) is 11.3 Å². The van der Waals surface area contributed by atoms with Gasteiger partial charge in [0.15, 0.2) is 0 Å². The Kier molecular flexibility index (Phi) is 3.21. The molecule has 0 aliphatic rings. The summed E-state index contributed by atoms with van der Waals surface area (Å²) >= 11 is 0. The van der Waals surface area contributed by atoms with Crippen LogP contribution in [0.4, 0.5) is 0 Å². The molecule has 1 aromatic heterocycles. The molecule has 0 amide bonds. The van der Waals surface area contributed by atoms with Gasteiger partial charge < -0.3 is 0 Å². The van der Waals surface area contributed by atoms with Gasteiger partial charge in [0, 0.05) is 11.8 Å². The first-order chi connectivity index (χ1) is 4.34. The molecule has 0 aliphatic carbocycles. The Morgan fingerprint density at radius 1 is 1.60 bits per heavy atom. The molecule has 1 heteroatoms. The highest BCUT2D eigenvalue weighted by Gasteiger charge is 1.89. The van der Waals surface area contributed by atoms with E-state index in [1.165, 1.54) is 0 Å². The minimum atomic E-state index is 0. The Balaban J connectivity index is 0.000000810. The maximum Gasteiger partial charge on any atom is 0.0528 e. The summed E-state index contributed by atoms with van der Waals surface area (Å²) in [6.45, 7) is 1.90. The lowest BCUT2D eigenvalue weighted by Crippen LogP contribution is -1.83. The number of rotatable bonds is 0. The molecular formula is C9H11N. The smallest absolute Gasteiger partial charge is 0.0528 e. The van der Waals surface area contributed by atoms with E-state index in [1.54, 1.807) is 6.20 Å². The monoisotopic (exact) mass is 133 g/mol. The van der Waals surface area contributed by atoms with Gasteiger partial charge in [-0.15, -0.1) is 6.42 Å². The van der Waals surface area contributed by atoms with Crippen molar-refractivity contribution in [1.29, 1.82) is 0 Å². The molecule has 0 saturated heterocycles. The number of pyridine rings is 1. The van der Waals surface area contributed by atoms with Crippen LogP contribution in [0.15, 0.2) is 18.3 Å². The van der Waals surface area contributed by atoms with Gasteiger partial charge in [-0.3, -0.25) is 4.98 Å². The molecule has 0 aliphatic heterocycles. The van der Waals surface area contributed by atoms with E-state index in [9.17, 15) is 0 Å². The predicted octanol–water partition coefficient (Wildman–Crippen LogP) is 2.01. The summed E-state index contributed by atoms with van der Waals surface area (Å²) in [5.41, 5.74) is 1.79. The highest BCUT2D eigenvalue weighted by molar-refractivity contribution is 5.34. The van der Waals surface area contributed by atoms with Crippen LogP contribution in [0.25, 0.3) is 0 Å². The normalized spacial score (nSPS) is 7.60. The summed E-state index contributed by atoms with van der Waals surface area (Å²) in [5, 5.41) is 0. The average Bonchev–Trinajstić information content (AvgIpc) is 1.89. The standard InChI is InChI=1S/C8H7N.CH4/c1-3-8-5-4-6-9-7(8)2;/h1,4-6H,2H3;1H4. The van der Waals surface area contributed by atoms with Crippen molar-refractivity contribution in [2.45, 2.75) is 14.4 Å². The quantitative estimate of drug-likeness (QED) is 0.493. The van der Waals surface area contributed by atoms with Gasteiger partial charge in [-0.05, 0) is 19.1 Å². The van der Waals surface area contributed by atoms with Gasteiger partial charge in [0.2, 0.25) is 0 Å². The van der Waals surface area contributed by atoms with E-state index in [-0.39, 0.29) is 7.43 Å². The maximum atomic E-state index is 5.16. The third-order valence-corrected chi connectivity index (χ3v) is 1.16. The Morgan fingerprint density at radius 3 is 2.70 bits per heavy atom. The SMILES string of the molecule is C.C#Cc1cccnc1C. The fourth-order valence-corrected chi connectivity index (χ4v) is 0.637. The van der Waals surface area contributed by atoms with Crippen LogP contribution in [0.1, 0.15) is 18.7 Å². The molecule has 1 nitrogen and oxygen atoms in total. The van der Waals surface area contributed by atoms with Crippen LogP contribution in [0.2, 0.25) is 0 Å². The van der Waals surface area contributed by atoms with Crippen molar-refractivity contribution in [2.24, 2.45) is 0 Å². The molecule has 1 rings (SSSR count). The molecule has 0 atom stereocenters. The molecule has 0 saturated carbocycles. The lowest BCUT2D eigenvalue weighted by atomic mass is 10.2. The third-order valence-electron chi connectivity index (χ3n) is 1.16. The van der Waals surface area contributed by atoms with Crippen LogP contribution in [-0.4, -0.2) is 4.98 Å². The number of aryl methyl sites for hydroxylation is 1. The highest BCUT2D eigenvalue weighted by atomic mass is 14.7. The molecule has 0 bridgehead atoms. The Labute approximate surface area is 62.1 Å². The fraction of sp³-hybridized carbons (Fsp3) is 0.222. The summed E-state index contributed by atoms with van der Waals surface area (Å²) in [5.74, 6) is 2.53. The van der Waals surface area contributed by atoms with Crippen molar-refractivity contribution < 1.29 is 0 Å². The zero-order valence-corrected chi connectivity index (χ0v) is 5.26. The van der Waals surface area contributed by atoms with Crippen molar-refractivity contribution in [3.05, 3.63) is 29.6 Å². The predicted molar refractivity (Wildman–Crippen MR) is 43.6 cm³/mol. The zero-order valence-electron chi connectivity index (χ0n) is 5.26. The second-order valence-electron chi connectivity index (χ2n) is 1.78. The lowest BCUT2D eigenvalue weighted by molar-refractivity contribution is 1.19. The van der Waals surface area contributed by atoms with Crippen LogP contribution in [0.5, 0.6) is 0 Å². The zero-order chi connectivity index (χ0) is 6.69. The van der Waals surface area contributed by atoms with E-state index in [0.29, 0.717) is 0 Å². The van der Waals surface area contributed by atoms with Crippen LogP contribution in [0.3, 0.4) is 0 Å². The number of nitrogens with zero attached hydrogens (tertiary/aromatic N) is 1. The van der Waals surface area contributed by atoms with E-state index < -0.39 is 0 Å². The van der Waals surface area contributed by atoms with Gasteiger partial charge in [-0.1, -0.05) is 13.3 Å². The van der Waals surface area contributed by atoms with Gasteiger partial charge in [0.05, 0.1) is 5.69 Å². The van der Waals surface area contributed by atoms with E-state index >= 15 is 0 Å². The van der Waals surface area contributed by atoms with Gasteiger partial charge in [-0.25, -0.2) is 0 Å². The van der Waals surface area contributed by atoms with Crippen LogP contribution in [0, 0.1) is 19.3 Å². The average molecular weight is 133 g/mol. The first kappa shape index (κ1) is 8.71. The van der Waals surface area contributed by atoms with Gasteiger partial charge in [0.1, 0.15) is 0 Å². The maximum absolute atomic E-state index is 5.16. The minimum absolute atomic E-state index is 0. The topological polar surface area (TPSA) is 12.9 Å². The highest BCUT2D eigenvalue weighted by Crippen LogP contribution is 1.99. The number of hydrogen-bond donors (Lipinski definition) is 0. The van der Waals surface area contributed by atoms with E-state index in [2.05, 4.69) is 10.9 Å². The molecule has 0 unspecified atom stereocenters. The van der Waals surface area contributed by atoms with Gasteiger partial charge >= 0.3 is 0 Å². The van der Waals surface area contributed by atoms with Crippen molar-refractivity contribution in [1.82, 2.24) is 4.98 Å². The first-order valence-corrected chi connectivity index (χ1v) is 2.73. The summed E-state index contributed by atoms with van der Waals surface area (Å²) in [6, 6.07) is 3.71. The molecule has 0 fully saturated rings. The minimum Gasteiger partial charge on any atom is -0.260 e. The van der Waals surface area contributed by atoms with Crippen molar-refractivity contribution >= 4 is 0 Å². The molecule has 10 heavy (non-hydrogen) atoms. The van der Waals surface area contributed by atoms with E-state index in [1.807, 2.05) is 19.1 Å². The van der Waals surface area contributed by atoms with Crippen LogP contribution >= 0.6 is 0 Å². The van der Waals surface area contributed by atoms with Crippen LogP contribution < -0.4 is 0 Å². The van der Waals surface area contributed by atoms with Gasteiger partial charge in [0.25, 0.3) is 0 Å². The molecular weight excluding hydrogens is 122 g/mol. The van der Waals surface area contributed by atoms with Crippen molar-refractivity contribution in [2.75, 3.05) is 0 Å².